The predicted octanol–water partition coefficient (Wildman–Crippen LogP) is 6.64. The molecule has 3 aromatic carbocycles. The third kappa shape index (κ3) is 5.82. The minimum Gasteiger partial charge on any atom is -0.490 e. The molecular formula is C33H27BrClFN4O4. The lowest BCUT2D eigenvalue weighted by molar-refractivity contribution is 0.0706. The molecule has 44 heavy (non-hydrogen) atoms. The quantitative estimate of drug-likeness (QED) is 0.195. The van der Waals surface area contributed by atoms with Crippen LogP contribution in [0.15, 0.2) is 69.9 Å². The van der Waals surface area contributed by atoms with Gasteiger partial charge in [-0.1, -0.05) is 24.6 Å². The number of hydrogen-bond donors (Lipinski definition) is 0. The number of carbonyl (C=O) groups is 2. The van der Waals surface area contributed by atoms with E-state index < -0.39 is 17.4 Å². The number of aromatic nitrogens is 2. The maximum atomic E-state index is 14.9. The Morgan fingerprint density at radius 1 is 1.11 bits per heavy atom. The number of ether oxygens (including phenoxy) is 1. The third-order valence-electron chi connectivity index (χ3n) is 7.97. The van der Waals surface area contributed by atoms with Gasteiger partial charge in [0, 0.05) is 29.5 Å². The first-order valence-corrected chi connectivity index (χ1v) is 15.4. The first-order chi connectivity index (χ1) is 21.1. The standard InChI is InChI=1S/C33H27BrClFN4O4/c1-19(25-10-2-20(17-37)15-28(25)36)14-30(41)31-29-18-38(32(42)21-3-11-26(34)27(35)16-21)12-13-39(29)33(43)40(31)22-4-6-23(7-5-22)44-24-8-9-24/h2-7,10-11,15-16,19,24H,8-9,12-14,18H2,1H3/t19-/m0/s1. The van der Waals surface area contributed by atoms with E-state index in [9.17, 15) is 18.8 Å². The molecule has 4 aromatic rings. The molecule has 0 unspecified atom stereocenters. The summed E-state index contributed by atoms with van der Waals surface area (Å²) in [6.45, 7) is 2.21. The van der Waals surface area contributed by atoms with Crippen molar-refractivity contribution < 1.29 is 18.7 Å². The van der Waals surface area contributed by atoms with Crippen LogP contribution in [-0.2, 0) is 13.1 Å². The number of amides is 1. The summed E-state index contributed by atoms with van der Waals surface area (Å²) < 4.78 is 24.3. The molecule has 1 aromatic heterocycles. The van der Waals surface area contributed by atoms with Crippen molar-refractivity contribution in [2.24, 2.45) is 0 Å². The lowest BCUT2D eigenvalue weighted by atomic mass is 9.93. The van der Waals surface area contributed by atoms with E-state index in [-0.39, 0.29) is 55.1 Å². The second-order valence-corrected chi connectivity index (χ2v) is 12.4. The number of halogens is 3. The second kappa shape index (κ2) is 12.1. The number of fused-ring (bicyclic) bond motifs is 1. The van der Waals surface area contributed by atoms with Crippen LogP contribution in [0.1, 0.15) is 69.8 Å². The van der Waals surface area contributed by atoms with Gasteiger partial charge in [-0.3, -0.25) is 18.7 Å². The van der Waals surface area contributed by atoms with Crippen molar-refractivity contribution in [3.63, 3.8) is 0 Å². The average molecular weight is 678 g/mol. The van der Waals surface area contributed by atoms with E-state index in [1.807, 2.05) is 6.07 Å². The van der Waals surface area contributed by atoms with E-state index in [0.29, 0.717) is 37.8 Å². The molecule has 1 atom stereocenters. The number of carbonyl (C=O) groups excluding carboxylic acids is 2. The molecular weight excluding hydrogens is 651 g/mol. The van der Waals surface area contributed by atoms with Crippen molar-refractivity contribution in [1.82, 2.24) is 14.0 Å². The van der Waals surface area contributed by atoms with E-state index in [4.69, 9.17) is 21.6 Å². The first-order valence-electron chi connectivity index (χ1n) is 14.2. The Morgan fingerprint density at radius 2 is 1.86 bits per heavy atom. The lowest BCUT2D eigenvalue weighted by Gasteiger charge is -2.28. The highest BCUT2D eigenvalue weighted by molar-refractivity contribution is 9.10. The Kier molecular flexibility index (Phi) is 8.18. The topological polar surface area (TPSA) is 97.3 Å². The summed E-state index contributed by atoms with van der Waals surface area (Å²) in [5, 5.41) is 9.50. The zero-order valence-corrected chi connectivity index (χ0v) is 26.1. The zero-order valence-electron chi connectivity index (χ0n) is 23.7. The molecule has 0 N–H and O–H groups in total. The second-order valence-electron chi connectivity index (χ2n) is 11.1. The lowest BCUT2D eigenvalue weighted by Crippen LogP contribution is -2.41. The van der Waals surface area contributed by atoms with Crippen molar-refractivity contribution in [3.8, 4) is 17.5 Å². The molecule has 0 radical (unpaired) electrons. The van der Waals surface area contributed by atoms with E-state index in [2.05, 4.69) is 15.9 Å². The van der Waals surface area contributed by atoms with Crippen molar-refractivity contribution >= 4 is 39.2 Å². The number of imidazole rings is 1. The summed E-state index contributed by atoms with van der Waals surface area (Å²) in [7, 11) is 0. The molecule has 1 aliphatic carbocycles. The fourth-order valence-corrected chi connectivity index (χ4v) is 5.93. The van der Waals surface area contributed by atoms with Crippen molar-refractivity contribution in [2.45, 2.75) is 51.3 Å². The Morgan fingerprint density at radius 3 is 2.52 bits per heavy atom. The van der Waals surface area contributed by atoms with Crippen molar-refractivity contribution in [3.05, 3.63) is 115 Å². The Balaban J connectivity index is 1.38. The molecule has 0 bridgehead atoms. The van der Waals surface area contributed by atoms with Crippen LogP contribution >= 0.6 is 27.5 Å². The number of rotatable bonds is 8. The summed E-state index contributed by atoms with van der Waals surface area (Å²) in [5.41, 5.74) is 1.52. The van der Waals surface area contributed by atoms with Gasteiger partial charge in [-0.25, -0.2) is 9.18 Å². The fraction of sp³-hybridized carbons (Fsp3) is 0.273. The monoisotopic (exact) mass is 676 g/mol. The zero-order chi connectivity index (χ0) is 31.1. The molecule has 2 aliphatic rings. The summed E-state index contributed by atoms with van der Waals surface area (Å²) >= 11 is 9.58. The number of benzene rings is 3. The summed E-state index contributed by atoms with van der Waals surface area (Å²) in [6.07, 6.45) is 2.12. The van der Waals surface area contributed by atoms with Crippen LogP contribution < -0.4 is 10.4 Å². The number of Topliss-reactive ketones (excluding diaryl/α,β-unsaturated/α-hetero) is 1. The van der Waals surface area contributed by atoms with Gasteiger partial charge < -0.3 is 9.64 Å². The SMILES string of the molecule is C[C@@H](CC(=O)c1c2n(c(=O)n1-c1ccc(OC3CC3)cc1)CCN(C(=O)c1ccc(Br)c(Cl)c1)C2)c1ccc(C#N)cc1F. The van der Waals surface area contributed by atoms with Crippen LogP contribution in [0.5, 0.6) is 5.75 Å². The van der Waals surface area contributed by atoms with Crippen LogP contribution in [0.2, 0.25) is 5.02 Å². The molecule has 6 rings (SSSR count). The summed E-state index contributed by atoms with van der Waals surface area (Å²) in [6, 6.07) is 18.0. The molecule has 1 fully saturated rings. The molecule has 1 saturated carbocycles. The maximum Gasteiger partial charge on any atom is 0.333 e. The van der Waals surface area contributed by atoms with Gasteiger partial charge >= 0.3 is 5.69 Å². The van der Waals surface area contributed by atoms with Gasteiger partial charge in [0.25, 0.3) is 5.91 Å². The normalized spacial score (nSPS) is 14.9. The van der Waals surface area contributed by atoms with Gasteiger partial charge in [-0.2, -0.15) is 5.26 Å². The molecule has 1 amide bonds. The molecule has 224 valence electrons. The summed E-state index contributed by atoms with van der Waals surface area (Å²) in [4.78, 5) is 43.0. The predicted molar refractivity (Wildman–Crippen MR) is 166 cm³/mol. The van der Waals surface area contributed by atoms with Gasteiger partial charge in [0.15, 0.2) is 5.78 Å². The molecule has 8 nitrogen and oxygen atoms in total. The summed E-state index contributed by atoms with van der Waals surface area (Å²) in [5.74, 6) is -1.09. The highest BCUT2D eigenvalue weighted by Crippen LogP contribution is 2.31. The van der Waals surface area contributed by atoms with Crippen LogP contribution in [0.3, 0.4) is 0 Å². The van der Waals surface area contributed by atoms with Crippen LogP contribution in [0, 0.1) is 17.1 Å². The first kappa shape index (κ1) is 29.9. The molecule has 0 saturated heterocycles. The van der Waals surface area contributed by atoms with Gasteiger partial charge in [0.1, 0.15) is 17.3 Å². The number of nitriles is 1. The van der Waals surface area contributed by atoms with E-state index in [1.54, 1.807) is 54.3 Å². The van der Waals surface area contributed by atoms with E-state index in [0.717, 1.165) is 18.9 Å². The largest absolute Gasteiger partial charge is 0.490 e. The minimum atomic E-state index is -0.572. The van der Waals surface area contributed by atoms with Crippen molar-refractivity contribution in [2.75, 3.05) is 6.54 Å². The maximum absolute atomic E-state index is 14.9. The fourth-order valence-electron chi connectivity index (χ4n) is 5.50. The third-order valence-corrected chi connectivity index (χ3v) is 9.20. The number of nitrogens with zero attached hydrogens (tertiary/aromatic N) is 4. The average Bonchev–Trinajstić information content (AvgIpc) is 3.79. The molecule has 1 aliphatic heterocycles. The van der Waals surface area contributed by atoms with Gasteiger partial charge in [0.2, 0.25) is 0 Å². The van der Waals surface area contributed by atoms with Crippen LogP contribution in [0.25, 0.3) is 5.69 Å². The van der Waals surface area contributed by atoms with Crippen LogP contribution in [-0.4, -0.2) is 38.4 Å². The van der Waals surface area contributed by atoms with E-state index in [1.165, 1.54) is 21.3 Å². The Hall–Kier alpha value is -4.20. The van der Waals surface area contributed by atoms with Gasteiger partial charge in [0.05, 0.1) is 40.7 Å². The minimum absolute atomic E-state index is 0.0261. The highest BCUT2D eigenvalue weighted by atomic mass is 79.9. The number of ketones is 1. The Bertz CT molecular complexity index is 1890. The van der Waals surface area contributed by atoms with E-state index >= 15 is 0 Å². The van der Waals surface area contributed by atoms with Crippen LogP contribution in [0.4, 0.5) is 4.39 Å². The highest BCUT2D eigenvalue weighted by Gasteiger charge is 2.33. The Labute approximate surface area is 266 Å². The molecule has 11 heteroatoms. The number of hydrogen-bond acceptors (Lipinski definition) is 5. The molecule has 0 spiro atoms. The molecule has 2 heterocycles. The van der Waals surface area contributed by atoms with Gasteiger partial charge in [-0.15, -0.1) is 0 Å². The van der Waals surface area contributed by atoms with Gasteiger partial charge in [-0.05, 0) is 94.9 Å². The smallest absolute Gasteiger partial charge is 0.333 e. The van der Waals surface area contributed by atoms with Crippen molar-refractivity contribution in [1.29, 1.82) is 5.26 Å².